The summed E-state index contributed by atoms with van der Waals surface area (Å²) < 4.78 is 12.9. The van der Waals surface area contributed by atoms with E-state index in [1.807, 2.05) is 12.3 Å². The molecule has 1 unspecified atom stereocenters. The number of hydrogen-bond donors (Lipinski definition) is 1. The number of carbonyl (C=O) groups excluding carboxylic acids is 1. The zero-order valence-electron chi connectivity index (χ0n) is 12.8. The second-order valence-corrected chi connectivity index (χ2v) is 7.26. The van der Waals surface area contributed by atoms with Crippen LogP contribution in [-0.4, -0.2) is 28.0 Å². The minimum Gasteiger partial charge on any atom is -0.507 e. The molecular weight excluding hydrogens is 326 g/mol. The Balaban J connectivity index is 1.69. The molecule has 0 fully saturated rings. The fraction of sp³-hybridized carbons (Fsp3) is 0.278. The van der Waals surface area contributed by atoms with Crippen LogP contribution < -0.4 is 9.47 Å². The van der Waals surface area contributed by atoms with Crippen LogP contribution in [0.4, 0.5) is 0 Å². The first kappa shape index (κ1) is 14.0. The monoisotopic (exact) mass is 341 g/mol. The first-order valence-electron chi connectivity index (χ1n) is 7.92. The van der Waals surface area contributed by atoms with E-state index in [1.54, 1.807) is 23.9 Å². The number of fused-ring (bicyclic) bond motifs is 1. The van der Waals surface area contributed by atoms with Gasteiger partial charge in [0.05, 0.1) is 11.6 Å². The second-order valence-electron chi connectivity index (χ2n) is 6.12. The molecule has 0 saturated carbocycles. The number of ketones is 1. The van der Waals surface area contributed by atoms with E-state index in [-0.39, 0.29) is 18.3 Å². The second kappa shape index (κ2) is 5.08. The summed E-state index contributed by atoms with van der Waals surface area (Å²) in [6, 6.07) is 5.27. The average Bonchev–Trinajstić information content (AvgIpc) is 3.12. The maximum Gasteiger partial charge on any atom is 0.231 e. The summed E-state index contributed by atoms with van der Waals surface area (Å²) in [7, 11) is 0. The standard InChI is InChI=1S/C18H15NO4S/c20-12-7-15-14(22-9-23-15)6-11(12)17-10-2-4-19-3-1-5-24-16(18(10)19)8-13(17)21/h2,4,6-8,17,20H,1,3,5,9H2. The number of allylic oxidation sites excluding steroid dienone is 1. The number of ether oxygens (including phenoxy) is 2. The van der Waals surface area contributed by atoms with Crippen molar-refractivity contribution in [1.82, 2.24) is 4.57 Å². The fourth-order valence-electron chi connectivity index (χ4n) is 3.65. The van der Waals surface area contributed by atoms with Crippen LogP contribution in [0.15, 0.2) is 30.5 Å². The van der Waals surface area contributed by atoms with E-state index in [9.17, 15) is 9.90 Å². The van der Waals surface area contributed by atoms with Crippen molar-refractivity contribution in [2.75, 3.05) is 12.5 Å². The van der Waals surface area contributed by atoms with Gasteiger partial charge in [-0.25, -0.2) is 0 Å². The van der Waals surface area contributed by atoms with Crippen molar-refractivity contribution in [3.63, 3.8) is 0 Å². The normalized spacial score (nSPS) is 21.2. The number of aryl methyl sites for hydroxylation is 1. The van der Waals surface area contributed by atoms with Gasteiger partial charge in [-0.3, -0.25) is 4.79 Å². The van der Waals surface area contributed by atoms with Crippen molar-refractivity contribution in [3.8, 4) is 17.2 Å². The van der Waals surface area contributed by atoms with Gasteiger partial charge < -0.3 is 19.1 Å². The lowest BCUT2D eigenvalue weighted by molar-refractivity contribution is -0.115. The van der Waals surface area contributed by atoms with Crippen molar-refractivity contribution >= 4 is 22.5 Å². The van der Waals surface area contributed by atoms with Gasteiger partial charge >= 0.3 is 0 Å². The molecule has 3 aliphatic rings. The lowest BCUT2D eigenvalue weighted by atomic mass is 9.83. The Bertz CT molecular complexity index is 899. The molecule has 1 aliphatic carbocycles. The lowest BCUT2D eigenvalue weighted by Gasteiger charge is -2.23. The first-order chi connectivity index (χ1) is 11.7. The van der Waals surface area contributed by atoms with Gasteiger partial charge in [0.15, 0.2) is 17.3 Å². The van der Waals surface area contributed by atoms with Gasteiger partial charge in [0.2, 0.25) is 6.79 Å². The molecule has 2 aromatic rings. The van der Waals surface area contributed by atoms with Crippen LogP contribution in [0.2, 0.25) is 0 Å². The molecule has 5 nitrogen and oxygen atoms in total. The number of phenolic OH excluding ortho intramolecular Hbond substituents is 1. The SMILES string of the molecule is O=C1C=C2SCCCn3ccc(c32)C1c1cc2c(cc1O)OCO2. The molecule has 122 valence electrons. The van der Waals surface area contributed by atoms with Gasteiger partial charge in [0, 0.05) is 29.3 Å². The summed E-state index contributed by atoms with van der Waals surface area (Å²) in [6.07, 6.45) is 4.85. The molecule has 0 spiro atoms. The van der Waals surface area contributed by atoms with E-state index >= 15 is 0 Å². The average molecular weight is 341 g/mol. The van der Waals surface area contributed by atoms with Crippen LogP contribution in [-0.2, 0) is 11.3 Å². The Kier molecular flexibility index (Phi) is 2.97. The van der Waals surface area contributed by atoms with Crippen LogP contribution in [0, 0.1) is 0 Å². The van der Waals surface area contributed by atoms with Gasteiger partial charge in [0.1, 0.15) is 5.75 Å². The number of carbonyl (C=O) groups is 1. The highest BCUT2D eigenvalue weighted by Gasteiger charge is 2.35. The maximum absolute atomic E-state index is 12.8. The van der Waals surface area contributed by atoms with Gasteiger partial charge in [-0.15, -0.1) is 11.8 Å². The van der Waals surface area contributed by atoms with Crippen molar-refractivity contribution in [2.45, 2.75) is 18.9 Å². The number of aromatic hydroxyl groups is 1. The third kappa shape index (κ3) is 1.92. The molecule has 0 amide bonds. The zero-order valence-corrected chi connectivity index (χ0v) is 13.6. The number of benzene rings is 1. The minimum absolute atomic E-state index is 0.00110. The number of rotatable bonds is 1. The summed E-state index contributed by atoms with van der Waals surface area (Å²) in [5.41, 5.74) is 2.64. The number of aromatic nitrogens is 1. The van der Waals surface area contributed by atoms with Crippen molar-refractivity contribution in [1.29, 1.82) is 0 Å². The van der Waals surface area contributed by atoms with E-state index in [4.69, 9.17) is 9.47 Å². The van der Waals surface area contributed by atoms with Crippen LogP contribution >= 0.6 is 11.8 Å². The third-order valence-corrected chi connectivity index (χ3v) is 5.85. The van der Waals surface area contributed by atoms with Crippen LogP contribution in [0.3, 0.4) is 0 Å². The molecule has 1 atom stereocenters. The summed E-state index contributed by atoms with van der Waals surface area (Å²) in [4.78, 5) is 13.9. The first-order valence-corrected chi connectivity index (χ1v) is 8.91. The Hall–Kier alpha value is -2.34. The van der Waals surface area contributed by atoms with Crippen molar-refractivity contribution in [3.05, 3.63) is 47.3 Å². The van der Waals surface area contributed by atoms with Crippen molar-refractivity contribution in [2.24, 2.45) is 0 Å². The van der Waals surface area contributed by atoms with Crippen LogP contribution in [0.5, 0.6) is 17.2 Å². The summed E-state index contributed by atoms with van der Waals surface area (Å²) >= 11 is 1.73. The quantitative estimate of drug-likeness (QED) is 0.864. The van der Waals surface area contributed by atoms with E-state index < -0.39 is 5.92 Å². The fourth-order valence-corrected chi connectivity index (χ4v) is 4.72. The Labute approximate surface area is 142 Å². The van der Waals surface area contributed by atoms with E-state index in [0.29, 0.717) is 17.1 Å². The van der Waals surface area contributed by atoms with Gasteiger partial charge in [-0.05, 0) is 35.9 Å². The van der Waals surface area contributed by atoms with Crippen LogP contribution in [0.1, 0.15) is 29.2 Å². The molecule has 5 rings (SSSR count). The number of hydrogen-bond acceptors (Lipinski definition) is 5. The highest BCUT2D eigenvalue weighted by atomic mass is 32.2. The molecule has 6 heteroatoms. The predicted octanol–water partition coefficient (Wildman–Crippen LogP) is 3.11. The number of thioether (sulfide) groups is 1. The van der Waals surface area contributed by atoms with Crippen molar-refractivity contribution < 1.29 is 19.4 Å². The highest BCUT2D eigenvalue weighted by Crippen LogP contribution is 2.47. The molecule has 1 aromatic heterocycles. The molecular formula is C18H15NO4S. The highest BCUT2D eigenvalue weighted by molar-refractivity contribution is 8.08. The predicted molar refractivity (Wildman–Crippen MR) is 90.6 cm³/mol. The van der Waals surface area contributed by atoms with E-state index in [0.717, 1.165) is 34.9 Å². The maximum atomic E-state index is 12.8. The Morgan fingerprint density at radius 1 is 1.21 bits per heavy atom. The van der Waals surface area contributed by atoms with Gasteiger partial charge in [-0.2, -0.15) is 0 Å². The molecule has 1 N–H and O–H groups in total. The lowest BCUT2D eigenvalue weighted by Crippen LogP contribution is -2.18. The molecule has 2 aliphatic heterocycles. The third-order valence-electron chi connectivity index (χ3n) is 4.73. The Morgan fingerprint density at radius 3 is 2.92 bits per heavy atom. The van der Waals surface area contributed by atoms with Gasteiger partial charge in [0.25, 0.3) is 0 Å². The van der Waals surface area contributed by atoms with E-state index in [2.05, 4.69) is 4.57 Å². The van der Waals surface area contributed by atoms with Crippen LogP contribution in [0.25, 0.3) is 4.91 Å². The zero-order chi connectivity index (χ0) is 16.3. The summed E-state index contributed by atoms with van der Waals surface area (Å²) in [6.45, 7) is 1.09. The summed E-state index contributed by atoms with van der Waals surface area (Å²) in [5.74, 6) is 1.67. The minimum atomic E-state index is -0.502. The molecule has 24 heavy (non-hydrogen) atoms. The molecule has 0 radical (unpaired) electrons. The topological polar surface area (TPSA) is 60.7 Å². The number of nitrogens with zero attached hydrogens (tertiary/aromatic N) is 1. The molecule has 0 bridgehead atoms. The molecule has 0 saturated heterocycles. The smallest absolute Gasteiger partial charge is 0.231 e. The molecule has 1 aromatic carbocycles. The largest absolute Gasteiger partial charge is 0.507 e. The van der Waals surface area contributed by atoms with Gasteiger partial charge in [-0.1, -0.05) is 0 Å². The Morgan fingerprint density at radius 2 is 2.04 bits per heavy atom. The number of phenols is 1. The summed E-state index contributed by atoms with van der Waals surface area (Å²) in [5, 5.41) is 10.4. The molecule has 3 heterocycles. The van der Waals surface area contributed by atoms with E-state index in [1.165, 1.54) is 6.07 Å².